The molecule has 0 saturated carbocycles. The Morgan fingerprint density at radius 1 is 1.32 bits per heavy atom. The van der Waals surface area contributed by atoms with Gasteiger partial charge in [0.2, 0.25) is 0 Å². The van der Waals surface area contributed by atoms with Gasteiger partial charge >= 0.3 is 0 Å². The number of benzene rings is 2. The third-order valence-corrected chi connectivity index (χ3v) is 3.18. The summed E-state index contributed by atoms with van der Waals surface area (Å²) in [5.74, 6) is -0.339. The fourth-order valence-corrected chi connectivity index (χ4v) is 2.11. The highest BCUT2D eigenvalue weighted by molar-refractivity contribution is 7.80. The molecular formula is C14H12ClFN2S. The van der Waals surface area contributed by atoms with Crippen molar-refractivity contribution < 1.29 is 4.39 Å². The predicted molar refractivity (Wildman–Crippen MR) is 81.8 cm³/mol. The van der Waals surface area contributed by atoms with Gasteiger partial charge in [0.15, 0.2) is 0 Å². The molecule has 0 bridgehead atoms. The van der Waals surface area contributed by atoms with E-state index in [-0.39, 0.29) is 10.8 Å². The maximum Gasteiger partial charge on any atom is 0.146 e. The summed E-state index contributed by atoms with van der Waals surface area (Å²) >= 11 is 10.9. The average Bonchev–Trinajstić information content (AvgIpc) is 2.33. The lowest BCUT2D eigenvalue weighted by molar-refractivity contribution is 0.631. The van der Waals surface area contributed by atoms with Gasteiger partial charge in [-0.25, -0.2) is 4.39 Å². The van der Waals surface area contributed by atoms with Crippen LogP contribution in [-0.2, 0) is 0 Å². The van der Waals surface area contributed by atoms with Crippen LogP contribution in [0.15, 0.2) is 36.4 Å². The van der Waals surface area contributed by atoms with Crippen LogP contribution < -0.4 is 11.1 Å². The van der Waals surface area contributed by atoms with Crippen molar-refractivity contribution in [2.75, 3.05) is 5.32 Å². The second-order valence-electron chi connectivity index (χ2n) is 4.11. The van der Waals surface area contributed by atoms with E-state index >= 15 is 0 Å². The summed E-state index contributed by atoms with van der Waals surface area (Å²) in [5, 5.41) is 3.53. The molecule has 0 radical (unpaired) electrons. The normalized spacial score (nSPS) is 10.3. The molecule has 2 nitrogen and oxygen atoms in total. The number of aryl methyl sites for hydroxylation is 1. The Bertz CT molecular complexity index is 623. The number of hydrogen-bond donors (Lipinski definition) is 2. The molecule has 0 aromatic heterocycles. The molecule has 3 N–H and O–H groups in total. The molecule has 98 valence electrons. The van der Waals surface area contributed by atoms with Crippen LogP contribution in [-0.4, -0.2) is 4.99 Å². The molecule has 0 fully saturated rings. The van der Waals surface area contributed by atoms with Gasteiger partial charge < -0.3 is 11.1 Å². The molecule has 5 heteroatoms. The lowest BCUT2D eigenvalue weighted by Gasteiger charge is -2.14. The van der Waals surface area contributed by atoms with E-state index < -0.39 is 0 Å². The summed E-state index contributed by atoms with van der Waals surface area (Å²) < 4.78 is 13.8. The van der Waals surface area contributed by atoms with Gasteiger partial charge in [0.25, 0.3) is 0 Å². The number of thiocarbonyl (C=S) groups is 1. The minimum Gasteiger partial charge on any atom is -0.389 e. The van der Waals surface area contributed by atoms with Gasteiger partial charge in [-0.3, -0.25) is 0 Å². The number of nitrogens with two attached hydrogens (primary N) is 1. The van der Waals surface area contributed by atoms with E-state index in [2.05, 4.69) is 5.32 Å². The van der Waals surface area contributed by atoms with Crippen LogP contribution in [0.5, 0.6) is 0 Å². The van der Waals surface area contributed by atoms with Crippen molar-refractivity contribution in [1.29, 1.82) is 0 Å². The van der Waals surface area contributed by atoms with Crippen molar-refractivity contribution in [3.8, 4) is 0 Å². The summed E-state index contributed by atoms with van der Waals surface area (Å²) in [6.07, 6.45) is 0. The number of para-hydroxylation sites is 1. The second kappa shape index (κ2) is 5.55. The first-order valence-electron chi connectivity index (χ1n) is 5.60. The van der Waals surface area contributed by atoms with E-state index in [1.165, 1.54) is 6.07 Å². The SMILES string of the molecule is Cc1cccc(F)c1Nc1cc(Cl)ccc1C(N)=S. The van der Waals surface area contributed by atoms with Crippen LogP contribution in [0.3, 0.4) is 0 Å². The maximum absolute atomic E-state index is 13.8. The number of anilines is 2. The van der Waals surface area contributed by atoms with E-state index in [4.69, 9.17) is 29.6 Å². The zero-order valence-corrected chi connectivity index (χ0v) is 11.8. The van der Waals surface area contributed by atoms with E-state index in [1.54, 1.807) is 24.3 Å². The third-order valence-electron chi connectivity index (χ3n) is 2.73. The Balaban J connectivity index is 2.49. The molecule has 0 aliphatic carbocycles. The van der Waals surface area contributed by atoms with Crippen molar-refractivity contribution >= 4 is 40.2 Å². The molecule has 0 amide bonds. The molecular weight excluding hydrogens is 283 g/mol. The van der Waals surface area contributed by atoms with Gasteiger partial charge in [-0.15, -0.1) is 0 Å². The minimum atomic E-state index is -0.339. The number of halogens is 2. The summed E-state index contributed by atoms with van der Waals surface area (Å²) in [6, 6.07) is 9.93. The van der Waals surface area contributed by atoms with E-state index in [1.807, 2.05) is 13.0 Å². The molecule has 0 heterocycles. The summed E-state index contributed by atoms with van der Waals surface area (Å²) in [5.41, 5.74) is 8.04. The first kappa shape index (κ1) is 13.8. The highest BCUT2D eigenvalue weighted by atomic mass is 35.5. The predicted octanol–water partition coefficient (Wildman–Crippen LogP) is 4.17. The highest BCUT2D eigenvalue weighted by Gasteiger charge is 2.10. The third kappa shape index (κ3) is 3.03. The quantitative estimate of drug-likeness (QED) is 0.835. The molecule has 0 saturated heterocycles. The van der Waals surface area contributed by atoms with E-state index in [9.17, 15) is 4.39 Å². The van der Waals surface area contributed by atoms with Crippen LogP contribution in [0.2, 0.25) is 5.02 Å². The van der Waals surface area contributed by atoms with Crippen molar-refractivity contribution in [1.82, 2.24) is 0 Å². The summed E-state index contributed by atoms with van der Waals surface area (Å²) in [4.78, 5) is 0.230. The molecule has 2 aromatic carbocycles. The monoisotopic (exact) mass is 294 g/mol. The topological polar surface area (TPSA) is 38.0 Å². The van der Waals surface area contributed by atoms with Gasteiger partial charge in [-0.05, 0) is 36.8 Å². The van der Waals surface area contributed by atoms with Crippen LogP contribution >= 0.6 is 23.8 Å². The Kier molecular flexibility index (Phi) is 4.02. The van der Waals surface area contributed by atoms with Gasteiger partial charge in [0.1, 0.15) is 10.8 Å². The van der Waals surface area contributed by atoms with Gasteiger partial charge in [-0.2, -0.15) is 0 Å². The second-order valence-corrected chi connectivity index (χ2v) is 4.99. The van der Waals surface area contributed by atoms with Crippen LogP contribution in [0, 0.1) is 12.7 Å². The van der Waals surface area contributed by atoms with Gasteiger partial charge in [0.05, 0.1) is 11.4 Å². The smallest absolute Gasteiger partial charge is 0.146 e. The van der Waals surface area contributed by atoms with Crippen molar-refractivity contribution in [3.63, 3.8) is 0 Å². The molecule has 0 atom stereocenters. The van der Waals surface area contributed by atoms with Crippen LogP contribution in [0.4, 0.5) is 15.8 Å². The molecule has 2 aromatic rings. The first-order valence-corrected chi connectivity index (χ1v) is 6.39. The van der Waals surface area contributed by atoms with Crippen molar-refractivity contribution in [2.45, 2.75) is 6.92 Å². The minimum absolute atomic E-state index is 0.230. The Morgan fingerprint density at radius 3 is 2.68 bits per heavy atom. The van der Waals surface area contributed by atoms with Crippen LogP contribution in [0.1, 0.15) is 11.1 Å². The van der Waals surface area contributed by atoms with E-state index in [0.29, 0.717) is 22.0 Å². The lowest BCUT2D eigenvalue weighted by Crippen LogP contribution is -2.12. The average molecular weight is 295 g/mol. The molecule has 0 unspecified atom stereocenters. The molecule has 2 rings (SSSR count). The molecule has 0 spiro atoms. The summed E-state index contributed by atoms with van der Waals surface area (Å²) in [6.45, 7) is 1.82. The summed E-state index contributed by atoms with van der Waals surface area (Å²) in [7, 11) is 0. The fourth-order valence-electron chi connectivity index (χ4n) is 1.76. The number of rotatable bonds is 3. The number of hydrogen-bond acceptors (Lipinski definition) is 2. The van der Waals surface area contributed by atoms with Gasteiger partial charge in [0, 0.05) is 10.6 Å². The highest BCUT2D eigenvalue weighted by Crippen LogP contribution is 2.28. The number of nitrogens with one attached hydrogen (secondary N) is 1. The largest absolute Gasteiger partial charge is 0.389 e. The standard InChI is InChI=1S/C14H12ClFN2S/c1-8-3-2-4-11(16)13(8)18-12-7-9(15)5-6-10(12)14(17)19/h2-7,18H,1H3,(H2,17,19). The maximum atomic E-state index is 13.8. The molecule has 0 aliphatic heterocycles. The zero-order chi connectivity index (χ0) is 14.0. The molecule has 0 aliphatic rings. The van der Waals surface area contributed by atoms with Crippen molar-refractivity contribution in [3.05, 3.63) is 58.4 Å². The Morgan fingerprint density at radius 2 is 2.05 bits per heavy atom. The van der Waals surface area contributed by atoms with Crippen molar-refractivity contribution in [2.24, 2.45) is 5.73 Å². The molecule has 19 heavy (non-hydrogen) atoms. The Labute approximate surface area is 121 Å². The van der Waals surface area contributed by atoms with E-state index in [0.717, 1.165) is 5.56 Å². The first-order chi connectivity index (χ1) is 8.99. The fraction of sp³-hybridized carbons (Fsp3) is 0.0714. The van der Waals surface area contributed by atoms with Crippen LogP contribution in [0.25, 0.3) is 0 Å². The lowest BCUT2D eigenvalue weighted by atomic mass is 10.1. The zero-order valence-electron chi connectivity index (χ0n) is 10.2. The Hall–Kier alpha value is -1.65. The van der Waals surface area contributed by atoms with Gasteiger partial charge in [-0.1, -0.05) is 36.0 Å².